The first-order valence-electron chi connectivity index (χ1n) is 9.84. The number of oxazole rings is 1. The Balaban J connectivity index is 1.39. The van der Waals surface area contributed by atoms with E-state index in [1.807, 2.05) is 30.3 Å². The van der Waals surface area contributed by atoms with Crippen molar-refractivity contribution >= 4 is 28.6 Å². The molecule has 158 valence electrons. The minimum Gasteiger partial charge on any atom is -0.487 e. The molecule has 1 N–H and O–H groups in total. The van der Waals surface area contributed by atoms with Crippen molar-refractivity contribution in [3.05, 3.63) is 64.1 Å². The molecule has 1 aromatic heterocycles. The number of amides is 1. The Morgan fingerprint density at radius 3 is 2.80 bits per heavy atom. The first-order valence-corrected chi connectivity index (χ1v) is 10.2. The van der Waals surface area contributed by atoms with Gasteiger partial charge in [-0.3, -0.25) is 9.36 Å². The molecule has 1 aliphatic rings. The van der Waals surface area contributed by atoms with Gasteiger partial charge in [-0.15, -0.1) is 0 Å². The predicted octanol–water partition coefficient (Wildman–Crippen LogP) is 3.07. The van der Waals surface area contributed by atoms with E-state index in [4.69, 9.17) is 20.8 Å². The van der Waals surface area contributed by atoms with Crippen molar-refractivity contribution in [2.45, 2.75) is 38.0 Å². The third-order valence-electron chi connectivity index (χ3n) is 5.42. The van der Waals surface area contributed by atoms with E-state index in [0.29, 0.717) is 34.8 Å². The van der Waals surface area contributed by atoms with Crippen molar-refractivity contribution in [3.63, 3.8) is 0 Å². The van der Waals surface area contributed by atoms with Crippen LogP contribution in [0.2, 0.25) is 5.02 Å². The highest BCUT2D eigenvalue weighted by Crippen LogP contribution is 2.27. The Kier molecular flexibility index (Phi) is 5.58. The topological polar surface area (TPSA) is 84.9 Å². The van der Waals surface area contributed by atoms with Gasteiger partial charge in [0.2, 0.25) is 5.91 Å². The van der Waals surface area contributed by atoms with Gasteiger partial charge in [-0.1, -0.05) is 29.8 Å². The fourth-order valence-corrected chi connectivity index (χ4v) is 3.99. The minimum atomic E-state index is -1.18. The number of aromatic nitrogens is 1. The number of ether oxygens (including phenoxy) is 1. The molecule has 0 unspecified atom stereocenters. The van der Waals surface area contributed by atoms with Gasteiger partial charge in [0.25, 0.3) is 0 Å². The molecule has 2 aromatic carbocycles. The molecule has 2 atom stereocenters. The second kappa shape index (κ2) is 8.16. The average Bonchev–Trinajstić information content (AvgIpc) is 3.02. The van der Waals surface area contributed by atoms with E-state index >= 15 is 0 Å². The molecule has 1 amide bonds. The van der Waals surface area contributed by atoms with E-state index in [0.717, 1.165) is 0 Å². The highest BCUT2D eigenvalue weighted by molar-refractivity contribution is 6.31. The predicted molar refractivity (Wildman–Crippen MR) is 113 cm³/mol. The summed E-state index contributed by atoms with van der Waals surface area (Å²) >= 11 is 5.93. The Bertz CT molecular complexity index is 1110. The third kappa shape index (κ3) is 4.22. The van der Waals surface area contributed by atoms with Crippen molar-refractivity contribution in [2.75, 3.05) is 13.1 Å². The first kappa shape index (κ1) is 20.5. The lowest BCUT2D eigenvalue weighted by atomic mass is 9.91. The Morgan fingerprint density at radius 2 is 2.07 bits per heavy atom. The highest BCUT2D eigenvalue weighted by atomic mass is 35.5. The van der Waals surface area contributed by atoms with Crippen molar-refractivity contribution in [2.24, 2.45) is 0 Å². The van der Waals surface area contributed by atoms with Crippen LogP contribution in [0.1, 0.15) is 19.8 Å². The van der Waals surface area contributed by atoms with Gasteiger partial charge >= 0.3 is 5.76 Å². The van der Waals surface area contributed by atoms with Crippen LogP contribution in [-0.2, 0) is 11.3 Å². The summed E-state index contributed by atoms with van der Waals surface area (Å²) in [6, 6.07) is 14.3. The molecule has 4 rings (SSSR count). The van der Waals surface area contributed by atoms with Crippen LogP contribution >= 0.6 is 11.6 Å². The van der Waals surface area contributed by atoms with E-state index < -0.39 is 17.5 Å². The molecular weight excluding hydrogens is 408 g/mol. The smallest absolute Gasteiger partial charge is 0.419 e. The molecule has 1 saturated heterocycles. The lowest BCUT2D eigenvalue weighted by molar-refractivity contribution is -0.146. The monoisotopic (exact) mass is 430 g/mol. The highest BCUT2D eigenvalue weighted by Gasteiger charge is 2.41. The quantitative estimate of drug-likeness (QED) is 0.672. The summed E-state index contributed by atoms with van der Waals surface area (Å²) in [6.07, 6.45) is 0.229. The summed E-state index contributed by atoms with van der Waals surface area (Å²) in [5.41, 5.74) is -0.194. The van der Waals surface area contributed by atoms with Gasteiger partial charge in [-0.05, 0) is 31.2 Å². The molecule has 0 spiro atoms. The molecule has 0 bridgehead atoms. The van der Waals surface area contributed by atoms with Crippen LogP contribution in [0.5, 0.6) is 5.75 Å². The van der Waals surface area contributed by atoms with Crippen LogP contribution in [0.25, 0.3) is 11.1 Å². The number of para-hydroxylation sites is 1. The van der Waals surface area contributed by atoms with Crippen LogP contribution < -0.4 is 10.5 Å². The summed E-state index contributed by atoms with van der Waals surface area (Å²) in [7, 11) is 0. The summed E-state index contributed by atoms with van der Waals surface area (Å²) in [6.45, 7) is 2.51. The van der Waals surface area contributed by atoms with E-state index in [2.05, 4.69) is 0 Å². The first-order chi connectivity index (χ1) is 14.3. The number of carbonyl (C=O) groups excluding carboxylic acids is 1. The van der Waals surface area contributed by atoms with Crippen LogP contribution in [0.4, 0.5) is 0 Å². The number of hydrogen-bond acceptors (Lipinski definition) is 5. The molecule has 3 aromatic rings. The number of aryl methyl sites for hydroxylation is 1. The fraction of sp³-hybridized carbons (Fsp3) is 0.364. The van der Waals surface area contributed by atoms with E-state index in [1.165, 1.54) is 4.57 Å². The maximum atomic E-state index is 12.8. The summed E-state index contributed by atoms with van der Waals surface area (Å²) in [5.74, 6) is 0.0274. The number of β-amino-alcohol motifs (C(OH)–C–C–N with tert-alkyl or cyclic N) is 1. The lowest BCUT2D eigenvalue weighted by Gasteiger charge is -2.42. The standard InChI is InChI=1S/C22H23ClN2O5/c1-22(28)14-24(11-9-19(22)29-16-5-3-2-4-6-16)20(26)10-12-25-17-8-7-15(23)13-18(17)30-21(25)27/h2-8,13,19,28H,9-12,14H2,1H3/t19-,22-/m0/s1. The minimum absolute atomic E-state index is 0.122. The number of nitrogens with zero attached hydrogens (tertiary/aromatic N) is 2. The Hall–Kier alpha value is -2.77. The van der Waals surface area contributed by atoms with Gasteiger partial charge in [-0.25, -0.2) is 4.79 Å². The molecule has 8 heteroatoms. The molecule has 30 heavy (non-hydrogen) atoms. The van der Waals surface area contributed by atoms with Crippen molar-refractivity contribution in [3.8, 4) is 5.75 Å². The SMILES string of the molecule is C[C@]1(O)CN(C(=O)CCn2c(=O)oc3cc(Cl)ccc32)CC[C@@H]1Oc1ccccc1. The molecular formula is C22H23ClN2O5. The van der Waals surface area contributed by atoms with E-state index in [9.17, 15) is 14.7 Å². The van der Waals surface area contributed by atoms with E-state index in [-0.39, 0.29) is 25.4 Å². The van der Waals surface area contributed by atoms with Gasteiger partial charge in [0.15, 0.2) is 5.58 Å². The van der Waals surface area contributed by atoms with Crippen molar-refractivity contribution < 1.29 is 19.1 Å². The van der Waals surface area contributed by atoms with Crippen molar-refractivity contribution in [1.29, 1.82) is 0 Å². The Morgan fingerprint density at radius 1 is 1.30 bits per heavy atom. The molecule has 7 nitrogen and oxygen atoms in total. The second-order valence-corrected chi connectivity index (χ2v) is 8.20. The number of benzene rings is 2. The maximum absolute atomic E-state index is 12.8. The number of hydrogen-bond donors (Lipinski definition) is 1. The number of piperidine rings is 1. The molecule has 0 aliphatic carbocycles. The molecule has 0 radical (unpaired) electrons. The van der Waals surface area contributed by atoms with E-state index in [1.54, 1.807) is 30.0 Å². The maximum Gasteiger partial charge on any atom is 0.419 e. The zero-order chi connectivity index (χ0) is 21.3. The zero-order valence-corrected chi connectivity index (χ0v) is 17.3. The van der Waals surface area contributed by atoms with Crippen LogP contribution in [0.3, 0.4) is 0 Å². The zero-order valence-electron chi connectivity index (χ0n) is 16.6. The molecule has 0 saturated carbocycles. The summed E-state index contributed by atoms with van der Waals surface area (Å²) < 4.78 is 12.6. The van der Waals surface area contributed by atoms with Gasteiger partial charge < -0.3 is 19.2 Å². The van der Waals surface area contributed by atoms with Gasteiger partial charge in [-0.2, -0.15) is 0 Å². The normalized spacial score (nSPS) is 21.7. The van der Waals surface area contributed by atoms with Gasteiger partial charge in [0.1, 0.15) is 17.5 Å². The number of aliphatic hydroxyl groups is 1. The Labute approximate surface area is 178 Å². The summed E-state index contributed by atoms with van der Waals surface area (Å²) in [5, 5.41) is 11.4. The molecule has 1 fully saturated rings. The number of fused-ring (bicyclic) bond motifs is 1. The van der Waals surface area contributed by atoms with Crippen LogP contribution in [0.15, 0.2) is 57.7 Å². The third-order valence-corrected chi connectivity index (χ3v) is 5.65. The molecule has 2 heterocycles. The number of halogens is 1. The van der Waals surface area contributed by atoms with Crippen LogP contribution in [0, 0.1) is 0 Å². The molecule has 1 aliphatic heterocycles. The van der Waals surface area contributed by atoms with Crippen LogP contribution in [-0.4, -0.2) is 45.3 Å². The number of rotatable bonds is 5. The average molecular weight is 431 g/mol. The lowest BCUT2D eigenvalue weighted by Crippen LogP contribution is -2.58. The second-order valence-electron chi connectivity index (χ2n) is 7.76. The van der Waals surface area contributed by atoms with Gasteiger partial charge in [0, 0.05) is 37.0 Å². The van der Waals surface area contributed by atoms with Gasteiger partial charge in [0.05, 0.1) is 12.1 Å². The largest absolute Gasteiger partial charge is 0.487 e. The summed E-state index contributed by atoms with van der Waals surface area (Å²) in [4.78, 5) is 26.5. The fourth-order valence-electron chi connectivity index (χ4n) is 3.83. The number of carbonyl (C=O) groups is 1. The number of likely N-dealkylation sites (tertiary alicyclic amines) is 1. The van der Waals surface area contributed by atoms with Crippen molar-refractivity contribution in [1.82, 2.24) is 9.47 Å².